The molecule has 0 spiro atoms. The minimum atomic E-state index is -1.22. The zero-order valence-electron chi connectivity index (χ0n) is 70.1. The van der Waals surface area contributed by atoms with E-state index < -0.39 is 23.7 Å². The number of aromatic carboxylic acids is 1. The zero-order valence-corrected chi connectivity index (χ0v) is 74.2. The fourth-order valence-electron chi connectivity index (χ4n) is 11.0. The average molecular weight is 1830 g/mol. The summed E-state index contributed by atoms with van der Waals surface area (Å²) in [6.45, 7) is 36.1. The number of carbonyl (C=O) groups excluding carboxylic acids is 3. The molecule has 3 aliphatic rings. The number of guanidine groups is 2. The van der Waals surface area contributed by atoms with E-state index in [0.717, 1.165) is 29.9 Å². The van der Waals surface area contributed by atoms with Gasteiger partial charge in [-0.15, -0.1) is 59.5 Å². The van der Waals surface area contributed by atoms with Crippen molar-refractivity contribution in [1.29, 1.82) is 5.41 Å². The molecule has 14 rings (SSSR count). The van der Waals surface area contributed by atoms with Crippen molar-refractivity contribution in [3.63, 3.8) is 0 Å². The van der Waals surface area contributed by atoms with Crippen LogP contribution in [-0.4, -0.2) is 132 Å². The lowest BCUT2D eigenvalue weighted by atomic mass is 10.1. The summed E-state index contributed by atoms with van der Waals surface area (Å²) in [4.78, 5) is 77.1. The van der Waals surface area contributed by atoms with Crippen LogP contribution in [-0.2, 0) is 24.6 Å². The number of benzene rings is 11. The van der Waals surface area contributed by atoms with Gasteiger partial charge in [0.1, 0.15) is 96.8 Å². The van der Waals surface area contributed by atoms with E-state index in [0.29, 0.717) is 94.4 Å². The number of ether oxygens (including phenoxy) is 8. The molecule has 666 valence electrons. The van der Waals surface area contributed by atoms with Gasteiger partial charge in [0.25, 0.3) is 17.7 Å². The third-order valence-electron chi connectivity index (χ3n) is 17.1. The molecule has 11 aromatic rings. The van der Waals surface area contributed by atoms with E-state index >= 15 is 0 Å². The number of phenolic OH excluding ortho intramolecular Hbond substituents is 1. The molecule has 3 amide bonds. The molecule has 129 heavy (non-hydrogen) atoms. The average Bonchev–Trinajstić information content (AvgIpc) is 1.49. The topological polar surface area (TPSA) is 361 Å². The van der Waals surface area contributed by atoms with Gasteiger partial charge in [-0.3, -0.25) is 40.4 Å². The highest BCUT2D eigenvalue weighted by Crippen LogP contribution is 2.45. The van der Waals surface area contributed by atoms with Crippen LogP contribution < -0.4 is 65.9 Å². The summed E-state index contributed by atoms with van der Waals surface area (Å²) in [5.41, 5.74) is 13.3. The van der Waals surface area contributed by atoms with Crippen LogP contribution >= 0.6 is 59.5 Å². The van der Waals surface area contributed by atoms with Gasteiger partial charge >= 0.3 is 5.97 Å². The van der Waals surface area contributed by atoms with E-state index in [-0.39, 0.29) is 119 Å². The molecule has 1 fully saturated rings. The summed E-state index contributed by atoms with van der Waals surface area (Å²) >= 11 is 5.70. The Bertz CT molecular complexity index is 5680. The van der Waals surface area contributed by atoms with Gasteiger partial charge in [-0.1, -0.05) is 171 Å². The van der Waals surface area contributed by atoms with Crippen molar-refractivity contribution < 1.29 is 67.3 Å². The van der Waals surface area contributed by atoms with Gasteiger partial charge in [0.2, 0.25) is 22.7 Å². The number of nitrogens with zero attached hydrogens (tertiary/aromatic N) is 7. The highest BCUT2D eigenvalue weighted by molar-refractivity contribution is 8.38. The zero-order chi connectivity index (χ0) is 90.8. The van der Waals surface area contributed by atoms with Crippen LogP contribution in [0.5, 0.6) is 69.0 Å². The highest BCUT2D eigenvalue weighted by Gasteiger charge is 2.29. The quantitative estimate of drug-likeness (QED) is 0.0173. The van der Waals surface area contributed by atoms with Crippen LogP contribution in [0.3, 0.4) is 0 Å². The first-order chi connectivity index (χ1) is 62.0. The van der Waals surface area contributed by atoms with E-state index in [4.69, 9.17) is 81.1 Å². The number of amides is 3. The van der Waals surface area contributed by atoms with Crippen LogP contribution in [0.4, 0.5) is 22.7 Å². The lowest BCUT2D eigenvalue weighted by molar-refractivity contribution is 0.0687. The normalized spacial score (nSPS) is 11.3. The van der Waals surface area contributed by atoms with Gasteiger partial charge in [-0.25, -0.2) is 24.2 Å². The number of carboxylic acid groups (broad SMARTS) is 1. The fraction of sp³-hybridized carbons (Fsp3) is 0.188. The molecule has 0 atom stereocenters. The van der Waals surface area contributed by atoms with E-state index in [1.165, 1.54) is 84.2 Å². The fourth-order valence-corrected chi connectivity index (χ4v) is 12.7. The van der Waals surface area contributed by atoms with Crippen molar-refractivity contribution in [2.45, 2.75) is 40.1 Å². The number of para-hydroxylation sites is 4. The van der Waals surface area contributed by atoms with Crippen molar-refractivity contribution in [2.75, 3.05) is 77.5 Å². The molecule has 33 heteroatoms. The third kappa shape index (κ3) is 33.9. The molecule has 11 N–H and O–H groups in total. The number of carboxylic acids is 1. The lowest BCUT2D eigenvalue weighted by Crippen LogP contribution is -2.38. The number of nitrogens with two attached hydrogens (primary N) is 2. The van der Waals surface area contributed by atoms with Gasteiger partial charge in [-0.05, 0) is 152 Å². The number of aliphatic imine (C=N–C) groups is 3. The number of hydrogen-bond donors (Lipinski definition) is 9. The Morgan fingerprint density at radius 1 is 0.450 bits per heavy atom. The van der Waals surface area contributed by atoms with Gasteiger partial charge in [-0.2, -0.15) is 4.99 Å². The van der Waals surface area contributed by atoms with Crippen LogP contribution in [0, 0.1) is 31.7 Å². The molecule has 0 aromatic heterocycles. The summed E-state index contributed by atoms with van der Waals surface area (Å²) in [5.74, 6) is 0.627. The predicted octanol–water partition coefficient (Wildman–Crippen LogP) is 21.3. The number of carbonyl (C=O) groups is 4. The first-order valence-corrected chi connectivity index (χ1v) is 44.0. The lowest BCUT2D eigenvalue weighted by Gasteiger charge is -2.17. The molecule has 3 aliphatic heterocycles. The molecule has 3 heterocycles. The molecular weight excluding hydrogens is 1740 g/mol. The Kier molecular flexibility index (Phi) is 46.6. The Morgan fingerprint density at radius 2 is 0.752 bits per heavy atom. The van der Waals surface area contributed by atoms with Crippen molar-refractivity contribution in [2.24, 2.45) is 26.4 Å². The van der Waals surface area contributed by atoms with E-state index in [9.17, 15) is 29.4 Å². The van der Waals surface area contributed by atoms with Gasteiger partial charge in [0.15, 0.2) is 34.9 Å². The van der Waals surface area contributed by atoms with Crippen molar-refractivity contribution in [3.05, 3.63) is 345 Å². The molecule has 0 radical (unpaired) electrons. The number of phenols is 1. The van der Waals surface area contributed by atoms with Gasteiger partial charge < -0.3 is 70.2 Å². The third-order valence-corrected chi connectivity index (χ3v) is 20.7. The summed E-state index contributed by atoms with van der Waals surface area (Å²) in [7, 11) is 0. The molecule has 28 nitrogen and oxygen atoms in total. The van der Waals surface area contributed by atoms with Crippen molar-refractivity contribution in [3.8, 4) is 69.0 Å². The number of nitrogens with one attached hydrogen (secondary N) is 5. The highest BCUT2D eigenvalue weighted by atomic mass is 35.5. The molecular formula is C96H97ClN14O14S4. The van der Waals surface area contributed by atoms with Crippen LogP contribution in [0.1, 0.15) is 78.4 Å². The standard InChI is InChI=1S/C24H20N4O3.C24H20N2O3S2.C21H15NO4.C17H14N4O3.C4H8O.C3H7NS2.C2H8N2.CH4.ClH/c1-25-19-12-13-20(30-16-17-8-4-2-5-9-17)21(23(29)28-24-26-14-15-27-24)22(19)31-18-10-6-3-7-11-18;1-25-19-14-15-20(28-16-17-10-6-4-7-11-17)21(23(27)26-24(30-2)31-3)22(19)29-18-12-8-5-9-13-18;1-22-17-12-13-18(25-14-15-8-4-2-5-9-15)19(21(23)24)20(17)26-16-10-6-3-7-11-16;1-18-12-7-8-13(22)14(16(23)21-17-19-9-10-20-17)15(12)24-11-5-3-2-4-6-11;1-2-4-5-3-1;1-5-3(4)6-2;3-1-2-4;;/h2-13H,14-16H2,(H2,26,27,28,29);4-15H,16H2,2-3H3;2-13H,14H2,(H,23,24);2-8,22H,9-10H2,(H2,19,20,21,23);1-4H2;4H,1-2H3;1-4H2;1H4;1H. The Hall–Kier alpha value is -14.3. The van der Waals surface area contributed by atoms with Crippen molar-refractivity contribution >= 4 is 127 Å². The largest absolute Gasteiger partial charge is 0.507 e. The minimum absolute atomic E-state index is 0. The summed E-state index contributed by atoms with van der Waals surface area (Å²) in [6, 6.07) is 76.3. The Labute approximate surface area is 773 Å². The van der Waals surface area contributed by atoms with Crippen molar-refractivity contribution in [1.82, 2.24) is 21.3 Å². The van der Waals surface area contributed by atoms with Crippen LogP contribution in [0.25, 0.3) is 19.4 Å². The minimum Gasteiger partial charge on any atom is -0.507 e. The van der Waals surface area contributed by atoms with E-state index in [1.807, 2.05) is 165 Å². The number of thioether (sulfide) groups is 4. The van der Waals surface area contributed by atoms with Gasteiger partial charge in [0, 0.05) is 39.4 Å². The summed E-state index contributed by atoms with van der Waals surface area (Å²) in [6.07, 6.45) is 10.1. The SMILES string of the molecule is C.C1CCOC1.CSC(=N)SC.Cl.NCCN.[C-]#[N+]c1ccc(O)c(C(=O)NC2=NCCN2)c1Oc1ccccc1.[C-]#[N+]c1ccc(OCc2ccccc2)c(C(=O)N=C(SC)SC)c1Oc1ccccc1.[C-]#[N+]c1ccc(OCc2ccccc2)c(C(=O)NC2=NCCN2)c1Oc1ccccc1.[C-]#[N+]c1ccc(OCc2ccccc2)c(C(=O)O)c1Oc1ccccc1. The van der Waals surface area contributed by atoms with Crippen LogP contribution in [0.2, 0.25) is 0 Å². The van der Waals surface area contributed by atoms with E-state index in [1.54, 1.807) is 97.1 Å². The molecule has 0 aliphatic carbocycles. The second kappa shape index (κ2) is 58.1. The predicted molar refractivity (Wildman–Crippen MR) is 519 cm³/mol. The number of aromatic hydroxyl groups is 1. The Morgan fingerprint density at radius 3 is 1.04 bits per heavy atom. The first-order valence-electron chi connectivity index (χ1n) is 39.1. The number of halogens is 1. The smallest absolute Gasteiger partial charge is 0.341 e. The maximum atomic E-state index is 13.2. The number of rotatable bonds is 22. The first kappa shape index (κ1) is 103. The van der Waals surface area contributed by atoms with Gasteiger partial charge in [0.05, 0.1) is 39.4 Å². The maximum absolute atomic E-state index is 13.2. The second-order valence-electron chi connectivity index (χ2n) is 25.8. The molecule has 11 aromatic carbocycles. The monoisotopic (exact) mass is 1830 g/mol. The van der Waals surface area contributed by atoms with Crippen LogP contribution in [0.15, 0.2) is 276 Å². The van der Waals surface area contributed by atoms with E-state index in [2.05, 4.69) is 55.6 Å². The Balaban J connectivity index is 0.000000250. The molecule has 0 unspecified atom stereocenters. The molecule has 0 saturated carbocycles. The second-order valence-corrected chi connectivity index (χ2v) is 29.6. The molecule has 0 bridgehead atoms. The summed E-state index contributed by atoms with van der Waals surface area (Å²) in [5, 5.41) is 38.0. The molecule has 1 saturated heterocycles. The maximum Gasteiger partial charge on any atom is 0.341 e. The number of hydrogen-bond acceptors (Lipinski definition) is 24. The summed E-state index contributed by atoms with van der Waals surface area (Å²) < 4.78 is 47.3.